The molecule has 2 rings (SSSR count). The SMILES string of the molecule is O=CN(Cc1ccccc1)n1cccn1. The highest BCUT2D eigenvalue weighted by molar-refractivity contribution is 5.60. The van der Waals surface area contributed by atoms with E-state index < -0.39 is 0 Å². The summed E-state index contributed by atoms with van der Waals surface area (Å²) in [5.41, 5.74) is 1.07. The molecule has 0 aliphatic carbocycles. The zero-order valence-corrected chi connectivity index (χ0v) is 8.15. The molecule has 0 aliphatic rings. The fourth-order valence-corrected chi connectivity index (χ4v) is 1.34. The van der Waals surface area contributed by atoms with E-state index in [1.165, 1.54) is 9.80 Å². The van der Waals surface area contributed by atoms with Gasteiger partial charge in [0.15, 0.2) is 0 Å². The Morgan fingerprint density at radius 2 is 2.07 bits per heavy atom. The van der Waals surface area contributed by atoms with Crippen LogP contribution in [0.3, 0.4) is 0 Å². The topological polar surface area (TPSA) is 38.1 Å². The smallest absolute Gasteiger partial charge is 0.230 e. The molecule has 0 saturated carbocycles. The van der Waals surface area contributed by atoms with Gasteiger partial charge < -0.3 is 0 Å². The van der Waals surface area contributed by atoms with E-state index in [0.29, 0.717) is 6.54 Å². The first-order valence-corrected chi connectivity index (χ1v) is 4.66. The number of benzene rings is 1. The summed E-state index contributed by atoms with van der Waals surface area (Å²) < 4.78 is 0. The van der Waals surface area contributed by atoms with E-state index in [2.05, 4.69) is 5.10 Å². The number of hydrogen-bond donors (Lipinski definition) is 0. The molecule has 76 valence electrons. The molecule has 0 atom stereocenters. The lowest BCUT2D eigenvalue weighted by Crippen LogP contribution is -2.32. The Morgan fingerprint density at radius 1 is 1.27 bits per heavy atom. The van der Waals surface area contributed by atoms with E-state index >= 15 is 0 Å². The van der Waals surface area contributed by atoms with Crippen molar-refractivity contribution in [1.29, 1.82) is 0 Å². The maximum Gasteiger partial charge on any atom is 0.230 e. The van der Waals surface area contributed by atoms with Crippen LogP contribution in [0, 0.1) is 0 Å². The molecule has 0 aliphatic heterocycles. The number of amides is 1. The average molecular weight is 201 g/mol. The van der Waals surface area contributed by atoms with Gasteiger partial charge in [-0.2, -0.15) is 9.89 Å². The zero-order valence-electron chi connectivity index (χ0n) is 8.15. The van der Waals surface area contributed by atoms with Gasteiger partial charge in [-0.3, -0.25) is 4.79 Å². The molecule has 4 nitrogen and oxygen atoms in total. The van der Waals surface area contributed by atoms with Gasteiger partial charge in [-0.1, -0.05) is 30.3 Å². The van der Waals surface area contributed by atoms with Crippen LogP contribution in [-0.4, -0.2) is 16.3 Å². The summed E-state index contributed by atoms with van der Waals surface area (Å²) in [6, 6.07) is 11.6. The highest BCUT2D eigenvalue weighted by atomic mass is 16.1. The maximum absolute atomic E-state index is 10.9. The fourth-order valence-electron chi connectivity index (χ4n) is 1.34. The molecule has 1 heterocycles. The highest BCUT2D eigenvalue weighted by Crippen LogP contribution is 2.01. The van der Waals surface area contributed by atoms with Crippen LogP contribution in [0.25, 0.3) is 0 Å². The van der Waals surface area contributed by atoms with E-state index in [1.807, 2.05) is 30.3 Å². The first kappa shape index (κ1) is 9.45. The number of aromatic nitrogens is 2. The monoisotopic (exact) mass is 201 g/mol. The van der Waals surface area contributed by atoms with Gasteiger partial charge in [0.1, 0.15) is 0 Å². The number of nitrogens with zero attached hydrogens (tertiary/aromatic N) is 3. The lowest BCUT2D eigenvalue weighted by Gasteiger charge is -2.16. The second kappa shape index (κ2) is 4.41. The van der Waals surface area contributed by atoms with Crippen molar-refractivity contribution in [2.45, 2.75) is 6.54 Å². The minimum Gasteiger partial charge on any atom is -0.277 e. The predicted octanol–water partition coefficient (Wildman–Crippen LogP) is 1.18. The van der Waals surface area contributed by atoms with Gasteiger partial charge in [0.2, 0.25) is 6.41 Å². The molecule has 1 aromatic carbocycles. The largest absolute Gasteiger partial charge is 0.277 e. The van der Waals surface area contributed by atoms with Gasteiger partial charge in [-0.25, -0.2) is 5.01 Å². The zero-order chi connectivity index (χ0) is 10.5. The van der Waals surface area contributed by atoms with Crippen LogP contribution < -0.4 is 5.01 Å². The van der Waals surface area contributed by atoms with Gasteiger partial charge in [-0.05, 0) is 11.6 Å². The Kier molecular flexibility index (Phi) is 2.78. The fraction of sp³-hybridized carbons (Fsp3) is 0.0909. The Bertz CT molecular complexity index is 411. The van der Waals surface area contributed by atoms with Gasteiger partial charge in [-0.15, -0.1) is 0 Å². The van der Waals surface area contributed by atoms with Crippen molar-refractivity contribution in [2.24, 2.45) is 0 Å². The first-order chi connectivity index (χ1) is 7.40. The van der Waals surface area contributed by atoms with Crippen LogP contribution in [0.5, 0.6) is 0 Å². The first-order valence-electron chi connectivity index (χ1n) is 4.66. The van der Waals surface area contributed by atoms with Gasteiger partial charge in [0.05, 0.1) is 12.7 Å². The summed E-state index contributed by atoms with van der Waals surface area (Å²) in [5, 5.41) is 5.49. The van der Waals surface area contributed by atoms with E-state index in [1.54, 1.807) is 18.5 Å². The molecule has 0 unspecified atom stereocenters. The highest BCUT2D eigenvalue weighted by Gasteiger charge is 2.04. The summed E-state index contributed by atoms with van der Waals surface area (Å²) in [6.07, 6.45) is 4.14. The van der Waals surface area contributed by atoms with Crippen LogP contribution in [0.1, 0.15) is 5.56 Å². The normalized spacial score (nSPS) is 9.87. The Labute approximate surface area is 87.7 Å². The van der Waals surface area contributed by atoms with Crippen LogP contribution >= 0.6 is 0 Å². The molecule has 0 bridgehead atoms. The second-order valence-electron chi connectivity index (χ2n) is 3.12. The van der Waals surface area contributed by atoms with E-state index in [4.69, 9.17) is 0 Å². The molecule has 0 fully saturated rings. The second-order valence-corrected chi connectivity index (χ2v) is 3.12. The van der Waals surface area contributed by atoms with Crippen molar-refractivity contribution in [2.75, 3.05) is 5.01 Å². The minimum atomic E-state index is 0.520. The number of carbonyl (C=O) groups is 1. The van der Waals surface area contributed by atoms with Crippen molar-refractivity contribution in [1.82, 2.24) is 9.89 Å². The molecular formula is C11H11N3O. The number of hydrogen-bond acceptors (Lipinski definition) is 2. The molecule has 2 aromatic rings. The summed E-state index contributed by atoms with van der Waals surface area (Å²) in [5.74, 6) is 0. The Balaban J connectivity index is 2.13. The molecular weight excluding hydrogens is 190 g/mol. The van der Waals surface area contributed by atoms with Crippen molar-refractivity contribution in [3.63, 3.8) is 0 Å². The molecule has 0 radical (unpaired) electrons. The van der Waals surface area contributed by atoms with Gasteiger partial charge in [0.25, 0.3) is 0 Å². The maximum atomic E-state index is 10.9. The third-order valence-electron chi connectivity index (χ3n) is 2.06. The van der Waals surface area contributed by atoms with Crippen LogP contribution in [0.15, 0.2) is 48.8 Å². The van der Waals surface area contributed by atoms with E-state index in [0.717, 1.165) is 12.0 Å². The molecule has 0 spiro atoms. The number of carbonyl (C=O) groups excluding carboxylic acids is 1. The minimum absolute atomic E-state index is 0.520. The Hall–Kier alpha value is -2.10. The third-order valence-corrected chi connectivity index (χ3v) is 2.06. The third kappa shape index (κ3) is 2.22. The van der Waals surface area contributed by atoms with Gasteiger partial charge in [0, 0.05) is 6.20 Å². The lowest BCUT2D eigenvalue weighted by molar-refractivity contribution is -0.109. The van der Waals surface area contributed by atoms with Gasteiger partial charge >= 0.3 is 0 Å². The van der Waals surface area contributed by atoms with Crippen molar-refractivity contribution in [3.05, 3.63) is 54.4 Å². The molecule has 15 heavy (non-hydrogen) atoms. The Morgan fingerprint density at radius 3 is 2.67 bits per heavy atom. The quantitative estimate of drug-likeness (QED) is 0.696. The summed E-state index contributed by atoms with van der Waals surface area (Å²) in [4.78, 5) is 12.4. The molecule has 1 aromatic heterocycles. The standard InChI is InChI=1S/C11H11N3O/c15-10-13(14-8-4-7-12-14)9-11-5-2-1-3-6-11/h1-8,10H,9H2. The van der Waals surface area contributed by atoms with Crippen LogP contribution in [-0.2, 0) is 11.3 Å². The molecule has 0 N–H and O–H groups in total. The molecule has 1 amide bonds. The van der Waals surface area contributed by atoms with Crippen molar-refractivity contribution in [3.8, 4) is 0 Å². The lowest BCUT2D eigenvalue weighted by atomic mass is 10.2. The van der Waals surface area contributed by atoms with Crippen molar-refractivity contribution < 1.29 is 4.79 Å². The van der Waals surface area contributed by atoms with Crippen LogP contribution in [0.4, 0.5) is 0 Å². The number of rotatable bonds is 4. The summed E-state index contributed by atoms with van der Waals surface area (Å²) in [6.45, 7) is 0.520. The predicted molar refractivity (Wildman–Crippen MR) is 56.7 cm³/mol. The summed E-state index contributed by atoms with van der Waals surface area (Å²) in [7, 11) is 0. The van der Waals surface area contributed by atoms with Crippen LogP contribution in [0.2, 0.25) is 0 Å². The average Bonchev–Trinajstić information content (AvgIpc) is 2.81. The summed E-state index contributed by atoms with van der Waals surface area (Å²) >= 11 is 0. The van der Waals surface area contributed by atoms with E-state index in [-0.39, 0.29) is 0 Å². The van der Waals surface area contributed by atoms with Crippen molar-refractivity contribution >= 4 is 6.41 Å². The molecule has 0 saturated heterocycles. The van der Waals surface area contributed by atoms with E-state index in [9.17, 15) is 4.79 Å². The molecule has 4 heteroatoms.